The molecule has 0 unspecified atom stereocenters. The molecule has 0 atom stereocenters. The van der Waals surface area contributed by atoms with Gasteiger partial charge in [-0.1, -0.05) is 0 Å². The van der Waals surface area contributed by atoms with Crippen LogP contribution in [-0.4, -0.2) is 40.5 Å². The average Bonchev–Trinajstić information content (AvgIpc) is 2.38. The lowest BCUT2D eigenvalue weighted by atomic mass is 10.0. The molecule has 1 rings (SSSR count). The van der Waals surface area contributed by atoms with Crippen molar-refractivity contribution < 1.29 is 19.9 Å². The predicted octanol–water partition coefficient (Wildman–Crippen LogP) is 1.15. The molecular formula is C12H18N2O5. The summed E-state index contributed by atoms with van der Waals surface area (Å²) >= 11 is 0. The van der Waals surface area contributed by atoms with Gasteiger partial charge in [-0.05, 0) is 13.8 Å². The molecule has 3 N–H and O–H groups in total. The first-order chi connectivity index (χ1) is 8.94. The largest absolute Gasteiger partial charge is 0.494 e. The summed E-state index contributed by atoms with van der Waals surface area (Å²) < 4.78 is 5.25. The van der Waals surface area contributed by atoms with E-state index in [1.807, 2.05) is 0 Å². The number of aliphatic hydroxyl groups excluding tert-OH is 2. The van der Waals surface area contributed by atoms with E-state index in [9.17, 15) is 20.3 Å². The lowest BCUT2D eigenvalue weighted by Gasteiger charge is -2.27. The van der Waals surface area contributed by atoms with E-state index in [1.165, 1.54) is 12.1 Å². The number of nitrogens with one attached hydrogen (secondary N) is 1. The van der Waals surface area contributed by atoms with Crippen LogP contribution in [-0.2, 0) is 0 Å². The van der Waals surface area contributed by atoms with Crippen molar-refractivity contribution in [2.45, 2.75) is 19.4 Å². The second-order valence-electron chi connectivity index (χ2n) is 4.41. The Balaban J connectivity index is 3.08. The summed E-state index contributed by atoms with van der Waals surface area (Å²) in [4.78, 5) is 10.3. The molecule has 1 aromatic carbocycles. The molecule has 0 aliphatic carbocycles. The number of anilines is 1. The highest BCUT2D eigenvalue weighted by atomic mass is 16.6. The van der Waals surface area contributed by atoms with Crippen molar-refractivity contribution in [3.05, 3.63) is 28.3 Å². The monoisotopic (exact) mass is 270 g/mol. The van der Waals surface area contributed by atoms with Gasteiger partial charge < -0.3 is 20.3 Å². The number of ether oxygens (including phenoxy) is 1. The highest BCUT2D eigenvalue weighted by molar-refractivity contribution is 5.57. The van der Waals surface area contributed by atoms with Crippen LogP contribution in [0, 0.1) is 10.1 Å². The summed E-state index contributed by atoms with van der Waals surface area (Å²) in [6.45, 7) is 3.15. The zero-order valence-corrected chi connectivity index (χ0v) is 10.9. The Hall–Kier alpha value is -1.86. The minimum atomic E-state index is -0.960. The first-order valence-electron chi connectivity index (χ1n) is 5.86. The van der Waals surface area contributed by atoms with Crippen LogP contribution in [0.2, 0.25) is 0 Å². The fourth-order valence-corrected chi connectivity index (χ4v) is 1.49. The zero-order chi connectivity index (χ0) is 14.5. The molecule has 0 spiro atoms. The number of non-ortho nitro benzene ring substituents is 1. The van der Waals surface area contributed by atoms with Crippen molar-refractivity contribution in [2.75, 3.05) is 25.1 Å². The molecule has 7 nitrogen and oxygen atoms in total. The van der Waals surface area contributed by atoms with Gasteiger partial charge in [-0.15, -0.1) is 0 Å². The Morgan fingerprint density at radius 1 is 1.37 bits per heavy atom. The Morgan fingerprint density at radius 2 is 2.00 bits per heavy atom. The Labute approximate surface area is 111 Å². The number of rotatable bonds is 7. The van der Waals surface area contributed by atoms with Gasteiger partial charge in [0.1, 0.15) is 5.75 Å². The van der Waals surface area contributed by atoms with Gasteiger partial charge in [-0.3, -0.25) is 10.1 Å². The van der Waals surface area contributed by atoms with Crippen LogP contribution in [0.5, 0.6) is 5.75 Å². The third-order valence-corrected chi connectivity index (χ3v) is 2.56. The summed E-state index contributed by atoms with van der Waals surface area (Å²) in [6.07, 6.45) is 0. The maximum Gasteiger partial charge on any atom is 0.275 e. The number of nitro groups is 1. The van der Waals surface area contributed by atoms with Gasteiger partial charge in [0.25, 0.3) is 5.69 Å². The van der Waals surface area contributed by atoms with Gasteiger partial charge in [-0.2, -0.15) is 0 Å². The van der Waals surface area contributed by atoms with Gasteiger partial charge in [0.15, 0.2) is 0 Å². The van der Waals surface area contributed by atoms with E-state index in [-0.39, 0.29) is 18.9 Å². The molecule has 0 aliphatic rings. The number of nitro benzene ring substituents is 1. The van der Waals surface area contributed by atoms with Crippen LogP contribution >= 0.6 is 0 Å². The third-order valence-electron chi connectivity index (χ3n) is 2.56. The van der Waals surface area contributed by atoms with Crippen LogP contribution in [0.25, 0.3) is 0 Å². The second-order valence-corrected chi connectivity index (χ2v) is 4.41. The molecule has 19 heavy (non-hydrogen) atoms. The predicted molar refractivity (Wildman–Crippen MR) is 70.5 cm³/mol. The molecule has 0 saturated carbocycles. The summed E-state index contributed by atoms with van der Waals surface area (Å²) in [7, 11) is 0. The number of hydrogen-bond donors (Lipinski definition) is 3. The van der Waals surface area contributed by atoms with E-state index in [0.29, 0.717) is 18.0 Å². The lowest BCUT2D eigenvalue weighted by Crippen LogP contribution is -2.42. The SMILES string of the molecule is CCOc1cc(NC(C)(CO)CO)cc([N+](=O)[O-])c1. The Bertz CT molecular complexity index is 446. The number of benzene rings is 1. The average molecular weight is 270 g/mol. The molecule has 0 amide bonds. The molecule has 0 heterocycles. The van der Waals surface area contributed by atoms with E-state index < -0.39 is 10.5 Å². The fraction of sp³-hybridized carbons (Fsp3) is 0.500. The van der Waals surface area contributed by atoms with Gasteiger partial charge in [0, 0.05) is 17.8 Å². The molecule has 0 aromatic heterocycles. The molecule has 0 fully saturated rings. The number of nitrogens with zero attached hydrogens (tertiary/aromatic N) is 1. The van der Waals surface area contributed by atoms with Crippen molar-refractivity contribution >= 4 is 11.4 Å². The van der Waals surface area contributed by atoms with Crippen LogP contribution in [0.4, 0.5) is 11.4 Å². The summed E-state index contributed by atoms with van der Waals surface area (Å²) in [6, 6.07) is 4.23. The van der Waals surface area contributed by atoms with E-state index in [2.05, 4.69) is 5.32 Å². The Morgan fingerprint density at radius 3 is 2.47 bits per heavy atom. The topological polar surface area (TPSA) is 105 Å². The molecule has 0 radical (unpaired) electrons. The maximum absolute atomic E-state index is 10.8. The quantitative estimate of drug-likeness (QED) is 0.507. The van der Waals surface area contributed by atoms with E-state index in [4.69, 9.17) is 4.74 Å². The van der Waals surface area contributed by atoms with Crippen molar-refractivity contribution in [3.63, 3.8) is 0 Å². The number of aliphatic hydroxyl groups is 2. The summed E-state index contributed by atoms with van der Waals surface area (Å²) in [5.74, 6) is 0.359. The van der Waals surface area contributed by atoms with E-state index in [1.54, 1.807) is 19.9 Å². The van der Waals surface area contributed by atoms with Crippen LogP contribution in [0.15, 0.2) is 18.2 Å². The Kier molecular flexibility index (Phi) is 5.08. The van der Waals surface area contributed by atoms with Gasteiger partial charge in [-0.25, -0.2) is 0 Å². The molecule has 1 aromatic rings. The minimum absolute atomic E-state index is 0.119. The molecule has 7 heteroatoms. The highest BCUT2D eigenvalue weighted by Crippen LogP contribution is 2.27. The van der Waals surface area contributed by atoms with E-state index >= 15 is 0 Å². The highest BCUT2D eigenvalue weighted by Gasteiger charge is 2.23. The number of hydrogen-bond acceptors (Lipinski definition) is 6. The fourth-order valence-electron chi connectivity index (χ4n) is 1.49. The lowest BCUT2D eigenvalue weighted by molar-refractivity contribution is -0.384. The molecule has 106 valence electrons. The van der Waals surface area contributed by atoms with Gasteiger partial charge >= 0.3 is 0 Å². The summed E-state index contributed by atoms with van der Waals surface area (Å²) in [5.41, 5.74) is -0.673. The van der Waals surface area contributed by atoms with Crippen molar-refractivity contribution in [3.8, 4) is 5.75 Å². The van der Waals surface area contributed by atoms with E-state index in [0.717, 1.165) is 0 Å². The molecule has 0 bridgehead atoms. The maximum atomic E-state index is 10.8. The molecular weight excluding hydrogens is 252 g/mol. The normalized spacial score (nSPS) is 11.2. The van der Waals surface area contributed by atoms with Crippen molar-refractivity contribution in [2.24, 2.45) is 0 Å². The minimum Gasteiger partial charge on any atom is -0.494 e. The standard InChI is InChI=1S/C12H18N2O5/c1-3-19-11-5-9(4-10(6-11)14(17)18)13-12(2,7-15)8-16/h4-6,13,15-16H,3,7-8H2,1-2H3. The first-order valence-corrected chi connectivity index (χ1v) is 5.86. The molecule has 0 aliphatic heterocycles. The van der Waals surface area contributed by atoms with Gasteiger partial charge in [0.2, 0.25) is 0 Å². The van der Waals surface area contributed by atoms with Crippen LogP contribution < -0.4 is 10.1 Å². The smallest absolute Gasteiger partial charge is 0.275 e. The third kappa shape index (κ3) is 4.08. The van der Waals surface area contributed by atoms with Crippen molar-refractivity contribution in [1.29, 1.82) is 0 Å². The van der Waals surface area contributed by atoms with Crippen molar-refractivity contribution in [1.82, 2.24) is 0 Å². The van der Waals surface area contributed by atoms with Crippen LogP contribution in [0.1, 0.15) is 13.8 Å². The first kappa shape index (κ1) is 15.2. The summed E-state index contributed by atoms with van der Waals surface area (Å²) in [5, 5.41) is 32.1. The van der Waals surface area contributed by atoms with Crippen LogP contribution in [0.3, 0.4) is 0 Å². The second kappa shape index (κ2) is 6.35. The van der Waals surface area contributed by atoms with Gasteiger partial charge in [0.05, 0.1) is 36.3 Å². The zero-order valence-electron chi connectivity index (χ0n) is 10.9. The molecule has 0 saturated heterocycles.